The zero-order valence-electron chi connectivity index (χ0n) is 6.94. The van der Waals surface area contributed by atoms with Crippen molar-refractivity contribution in [1.29, 1.82) is 0 Å². The van der Waals surface area contributed by atoms with Crippen LogP contribution in [0.4, 0.5) is 0 Å². The monoisotopic (exact) mass is 193 g/mol. The molecule has 0 unspecified atom stereocenters. The summed E-state index contributed by atoms with van der Waals surface area (Å²) in [5, 5.41) is 8.88. The van der Waals surface area contributed by atoms with Crippen molar-refractivity contribution in [1.82, 2.24) is 0 Å². The molecule has 3 N–H and O–H groups in total. The lowest BCUT2D eigenvalue weighted by Crippen LogP contribution is -2.32. The van der Waals surface area contributed by atoms with Crippen molar-refractivity contribution in [2.45, 2.75) is 18.9 Å². The van der Waals surface area contributed by atoms with Gasteiger partial charge >= 0.3 is 0 Å². The maximum Gasteiger partial charge on any atom is 0.150 e. The number of nitrogens with two attached hydrogens (primary N) is 1. The van der Waals surface area contributed by atoms with Crippen molar-refractivity contribution in [3.05, 3.63) is 0 Å². The molecule has 1 rings (SSSR count). The van der Waals surface area contributed by atoms with E-state index in [2.05, 4.69) is 0 Å². The second-order valence-corrected chi connectivity index (χ2v) is 5.64. The van der Waals surface area contributed by atoms with E-state index in [1.165, 1.54) is 0 Å². The molecule has 0 bridgehead atoms. The first-order valence-corrected chi connectivity index (χ1v) is 5.94. The van der Waals surface area contributed by atoms with Crippen LogP contribution in [0, 0.1) is 5.92 Å². The second kappa shape index (κ2) is 3.72. The number of aliphatic hydroxyl groups is 1. The van der Waals surface area contributed by atoms with Gasteiger partial charge in [0.25, 0.3) is 0 Å². The molecule has 4 nitrogen and oxygen atoms in total. The highest BCUT2D eigenvalue weighted by molar-refractivity contribution is 7.91. The SMILES string of the molecule is N[C@H]1CCS(=O)(=O)CC[C@@H]1CO. The van der Waals surface area contributed by atoms with Crippen LogP contribution in [-0.2, 0) is 9.84 Å². The van der Waals surface area contributed by atoms with Crippen LogP contribution < -0.4 is 5.73 Å². The van der Waals surface area contributed by atoms with Crippen LogP contribution in [0.1, 0.15) is 12.8 Å². The predicted octanol–water partition coefficient (Wildman–Crippen LogP) is -0.869. The fraction of sp³-hybridized carbons (Fsp3) is 1.00. The number of rotatable bonds is 1. The Hall–Kier alpha value is -0.130. The molecule has 72 valence electrons. The van der Waals surface area contributed by atoms with Gasteiger partial charge in [-0.25, -0.2) is 8.42 Å². The van der Waals surface area contributed by atoms with Crippen molar-refractivity contribution in [3.8, 4) is 0 Å². The van der Waals surface area contributed by atoms with Gasteiger partial charge in [0.2, 0.25) is 0 Å². The Bertz CT molecular complexity index is 237. The highest BCUT2D eigenvalue weighted by atomic mass is 32.2. The van der Waals surface area contributed by atoms with Gasteiger partial charge in [0, 0.05) is 12.6 Å². The van der Waals surface area contributed by atoms with Crippen LogP contribution in [-0.4, -0.2) is 37.7 Å². The average Bonchev–Trinajstić information content (AvgIpc) is 2.13. The number of aliphatic hydroxyl groups excluding tert-OH is 1. The lowest BCUT2D eigenvalue weighted by molar-refractivity contribution is 0.201. The molecule has 1 aliphatic rings. The normalized spacial score (nSPS) is 35.8. The molecule has 0 aromatic heterocycles. The summed E-state index contributed by atoms with van der Waals surface area (Å²) in [6.07, 6.45) is 0.980. The Morgan fingerprint density at radius 3 is 2.50 bits per heavy atom. The topological polar surface area (TPSA) is 80.4 Å². The van der Waals surface area contributed by atoms with E-state index in [1.807, 2.05) is 0 Å². The van der Waals surface area contributed by atoms with Crippen LogP contribution >= 0.6 is 0 Å². The van der Waals surface area contributed by atoms with Gasteiger partial charge in [-0.1, -0.05) is 0 Å². The molecule has 1 fully saturated rings. The van der Waals surface area contributed by atoms with Crippen LogP contribution in [0.3, 0.4) is 0 Å². The number of hydrogen-bond donors (Lipinski definition) is 2. The maximum atomic E-state index is 11.1. The van der Waals surface area contributed by atoms with Crippen molar-refractivity contribution in [3.63, 3.8) is 0 Å². The van der Waals surface area contributed by atoms with Gasteiger partial charge in [0.05, 0.1) is 11.5 Å². The molecule has 0 radical (unpaired) electrons. The van der Waals surface area contributed by atoms with E-state index in [9.17, 15) is 8.42 Å². The predicted molar refractivity (Wildman–Crippen MR) is 46.4 cm³/mol. The Morgan fingerprint density at radius 2 is 1.92 bits per heavy atom. The first kappa shape index (κ1) is 9.95. The molecule has 0 aromatic carbocycles. The Kier molecular flexibility index (Phi) is 3.09. The van der Waals surface area contributed by atoms with Crippen molar-refractivity contribution in [2.24, 2.45) is 11.7 Å². The fourth-order valence-corrected chi connectivity index (χ4v) is 2.92. The van der Waals surface area contributed by atoms with E-state index >= 15 is 0 Å². The van der Waals surface area contributed by atoms with Gasteiger partial charge < -0.3 is 10.8 Å². The molecule has 2 atom stereocenters. The van der Waals surface area contributed by atoms with E-state index < -0.39 is 9.84 Å². The molecular weight excluding hydrogens is 178 g/mol. The smallest absolute Gasteiger partial charge is 0.150 e. The summed E-state index contributed by atoms with van der Waals surface area (Å²) >= 11 is 0. The van der Waals surface area contributed by atoms with E-state index in [0.29, 0.717) is 12.8 Å². The summed E-state index contributed by atoms with van der Waals surface area (Å²) < 4.78 is 22.3. The third-order valence-electron chi connectivity index (χ3n) is 2.40. The second-order valence-electron chi connectivity index (χ2n) is 3.34. The molecular formula is C7H15NO3S. The van der Waals surface area contributed by atoms with E-state index in [-0.39, 0.29) is 30.1 Å². The highest BCUT2D eigenvalue weighted by Crippen LogP contribution is 2.17. The summed E-state index contributed by atoms with van der Waals surface area (Å²) in [5.41, 5.74) is 5.69. The summed E-state index contributed by atoms with van der Waals surface area (Å²) in [4.78, 5) is 0. The summed E-state index contributed by atoms with van der Waals surface area (Å²) in [6, 6.07) is -0.160. The minimum atomic E-state index is -2.89. The Morgan fingerprint density at radius 1 is 1.33 bits per heavy atom. The lowest BCUT2D eigenvalue weighted by atomic mass is 9.97. The highest BCUT2D eigenvalue weighted by Gasteiger charge is 2.25. The molecule has 1 heterocycles. The minimum Gasteiger partial charge on any atom is -0.396 e. The van der Waals surface area contributed by atoms with Gasteiger partial charge in [-0.05, 0) is 18.8 Å². The van der Waals surface area contributed by atoms with Crippen LogP contribution in [0.2, 0.25) is 0 Å². The quantitative estimate of drug-likeness (QED) is 0.567. The molecule has 1 saturated heterocycles. The molecule has 0 aliphatic carbocycles. The standard InChI is InChI=1S/C7H15NO3S/c8-7-2-4-12(10,11)3-1-6(7)5-9/h6-7,9H,1-5,8H2/t6-,7+/m1/s1. The fourth-order valence-electron chi connectivity index (χ4n) is 1.43. The molecule has 0 aromatic rings. The number of sulfone groups is 1. The van der Waals surface area contributed by atoms with E-state index in [1.54, 1.807) is 0 Å². The largest absolute Gasteiger partial charge is 0.396 e. The van der Waals surface area contributed by atoms with Gasteiger partial charge in [-0.2, -0.15) is 0 Å². The Balaban J connectivity index is 2.65. The van der Waals surface area contributed by atoms with Crippen molar-refractivity contribution >= 4 is 9.84 Å². The summed E-state index contributed by atoms with van der Waals surface area (Å²) in [7, 11) is -2.89. The van der Waals surface area contributed by atoms with Crippen LogP contribution in [0.25, 0.3) is 0 Å². The van der Waals surface area contributed by atoms with Crippen molar-refractivity contribution in [2.75, 3.05) is 18.1 Å². The van der Waals surface area contributed by atoms with Crippen LogP contribution in [0.5, 0.6) is 0 Å². The first-order chi connectivity index (χ1) is 5.55. The lowest BCUT2D eigenvalue weighted by Gasteiger charge is -2.16. The van der Waals surface area contributed by atoms with Gasteiger partial charge in [0.15, 0.2) is 0 Å². The van der Waals surface area contributed by atoms with E-state index in [4.69, 9.17) is 10.8 Å². The Labute approximate surface area is 72.7 Å². The maximum absolute atomic E-state index is 11.1. The van der Waals surface area contributed by atoms with Gasteiger partial charge in [0.1, 0.15) is 9.84 Å². The zero-order valence-corrected chi connectivity index (χ0v) is 7.76. The first-order valence-electron chi connectivity index (χ1n) is 4.12. The molecule has 0 saturated carbocycles. The summed E-state index contributed by atoms with van der Waals surface area (Å²) in [6.45, 7) is -0.00329. The molecule has 1 aliphatic heterocycles. The molecule has 5 heteroatoms. The van der Waals surface area contributed by atoms with Crippen LogP contribution in [0.15, 0.2) is 0 Å². The third kappa shape index (κ3) is 2.43. The average molecular weight is 193 g/mol. The minimum absolute atomic E-state index is 0.00329. The van der Waals surface area contributed by atoms with E-state index in [0.717, 1.165) is 0 Å². The third-order valence-corrected chi connectivity index (χ3v) is 4.12. The zero-order chi connectivity index (χ0) is 9.19. The van der Waals surface area contributed by atoms with Gasteiger partial charge in [-0.3, -0.25) is 0 Å². The molecule has 12 heavy (non-hydrogen) atoms. The summed E-state index contributed by atoms with van der Waals surface area (Å²) in [5.74, 6) is 0.304. The molecule has 0 spiro atoms. The van der Waals surface area contributed by atoms with Gasteiger partial charge in [-0.15, -0.1) is 0 Å². The van der Waals surface area contributed by atoms with Crippen molar-refractivity contribution < 1.29 is 13.5 Å². The molecule has 0 amide bonds. The number of hydrogen-bond acceptors (Lipinski definition) is 4.